The summed E-state index contributed by atoms with van der Waals surface area (Å²) in [6.45, 7) is 9.72. The lowest BCUT2D eigenvalue weighted by Crippen LogP contribution is -2.47. The van der Waals surface area contributed by atoms with Gasteiger partial charge in [0.25, 0.3) is 0 Å². The number of amides is 1. The Morgan fingerprint density at radius 3 is 2.31 bits per heavy atom. The van der Waals surface area contributed by atoms with Crippen LogP contribution >= 0.6 is 0 Å². The predicted molar refractivity (Wildman–Crippen MR) is 104 cm³/mol. The average Bonchev–Trinajstić information content (AvgIpc) is 2.65. The van der Waals surface area contributed by atoms with Crippen LogP contribution in [0.25, 0.3) is 0 Å². The number of nitrogens with one attached hydrogen (secondary N) is 1. The summed E-state index contributed by atoms with van der Waals surface area (Å²) in [4.78, 5) is 14.5. The number of hydrogen-bond acceptors (Lipinski definition) is 4. The van der Waals surface area contributed by atoms with Gasteiger partial charge in [-0.05, 0) is 30.0 Å². The van der Waals surface area contributed by atoms with Crippen molar-refractivity contribution >= 4 is 15.9 Å². The number of sulfonamides is 1. The molecule has 26 heavy (non-hydrogen) atoms. The summed E-state index contributed by atoms with van der Waals surface area (Å²) < 4.78 is 27.4. The molecule has 2 rings (SSSR count). The highest BCUT2D eigenvalue weighted by Gasteiger charge is 2.25. The Morgan fingerprint density at radius 1 is 1.15 bits per heavy atom. The summed E-state index contributed by atoms with van der Waals surface area (Å²) in [5.41, 5.74) is 1.11. The fourth-order valence-corrected chi connectivity index (χ4v) is 4.60. The molecule has 1 N–H and O–H groups in total. The second kappa shape index (κ2) is 9.48. The lowest BCUT2D eigenvalue weighted by molar-refractivity contribution is -0.131. The maximum Gasteiger partial charge on any atom is 0.243 e. The molecule has 0 aromatic heterocycles. The van der Waals surface area contributed by atoms with Crippen LogP contribution < -0.4 is 5.32 Å². The molecule has 0 bridgehead atoms. The average molecular weight is 382 g/mol. The maximum absolute atomic E-state index is 13.0. The van der Waals surface area contributed by atoms with Gasteiger partial charge in [-0.3, -0.25) is 4.79 Å². The number of rotatable bonds is 8. The second-order valence-electron chi connectivity index (χ2n) is 7.01. The van der Waals surface area contributed by atoms with E-state index in [1.54, 1.807) is 12.1 Å². The third kappa shape index (κ3) is 5.28. The third-order valence-electron chi connectivity index (χ3n) is 4.70. The number of carbonyl (C=O) groups excluding carboxylic acids is 1. The van der Waals surface area contributed by atoms with E-state index in [1.165, 1.54) is 4.31 Å². The van der Waals surface area contributed by atoms with Gasteiger partial charge in [0.15, 0.2) is 0 Å². The van der Waals surface area contributed by atoms with E-state index in [-0.39, 0.29) is 18.9 Å². The number of carbonyl (C=O) groups is 1. The van der Waals surface area contributed by atoms with Gasteiger partial charge < -0.3 is 10.2 Å². The molecule has 6 nitrogen and oxygen atoms in total. The lowest BCUT2D eigenvalue weighted by Gasteiger charge is -2.28. The Hall–Kier alpha value is -1.44. The Balaban J connectivity index is 2.07. The summed E-state index contributed by atoms with van der Waals surface area (Å²) >= 11 is 0. The van der Waals surface area contributed by atoms with Crippen LogP contribution in [0.15, 0.2) is 29.2 Å². The van der Waals surface area contributed by atoms with E-state index in [2.05, 4.69) is 19.2 Å². The molecule has 1 aliphatic rings. The predicted octanol–water partition coefficient (Wildman–Crippen LogP) is 2.03. The fourth-order valence-electron chi connectivity index (χ4n) is 3.07. The minimum absolute atomic E-state index is 0.0259. The highest BCUT2D eigenvalue weighted by atomic mass is 32.2. The van der Waals surface area contributed by atoms with E-state index in [0.717, 1.165) is 18.7 Å². The van der Waals surface area contributed by atoms with Gasteiger partial charge in [0, 0.05) is 45.7 Å². The van der Waals surface area contributed by atoms with Gasteiger partial charge in [-0.15, -0.1) is 0 Å². The molecule has 1 aromatic carbocycles. The molecule has 0 saturated carbocycles. The molecule has 7 heteroatoms. The third-order valence-corrected chi connectivity index (χ3v) is 6.62. The van der Waals surface area contributed by atoms with Gasteiger partial charge in [0.1, 0.15) is 0 Å². The molecule has 0 radical (unpaired) electrons. The van der Waals surface area contributed by atoms with Crippen molar-refractivity contribution in [3.8, 4) is 0 Å². The van der Waals surface area contributed by atoms with E-state index in [1.807, 2.05) is 24.0 Å². The van der Waals surface area contributed by atoms with Crippen LogP contribution in [0.4, 0.5) is 0 Å². The van der Waals surface area contributed by atoms with Crippen LogP contribution in [0.1, 0.15) is 45.1 Å². The van der Waals surface area contributed by atoms with Crippen LogP contribution in [-0.2, 0) is 14.8 Å². The van der Waals surface area contributed by atoms with Crippen molar-refractivity contribution in [3.05, 3.63) is 29.8 Å². The van der Waals surface area contributed by atoms with Crippen LogP contribution in [-0.4, -0.2) is 62.8 Å². The smallest absolute Gasteiger partial charge is 0.243 e. The first-order valence-corrected chi connectivity index (χ1v) is 10.9. The van der Waals surface area contributed by atoms with Crippen LogP contribution in [0, 0.1) is 0 Å². The molecule has 1 aromatic rings. The van der Waals surface area contributed by atoms with Crippen molar-refractivity contribution in [1.29, 1.82) is 0 Å². The second-order valence-corrected chi connectivity index (χ2v) is 8.95. The van der Waals surface area contributed by atoms with E-state index < -0.39 is 10.0 Å². The SMILES string of the molecule is CCCN(CCC(=O)N1CCNCC1)S(=O)(=O)c1ccc(C(C)C)cc1. The molecule has 1 amide bonds. The first-order valence-electron chi connectivity index (χ1n) is 9.45. The summed E-state index contributed by atoms with van der Waals surface area (Å²) in [7, 11) is -3.58. The molecule has 1 heterocycles. The molecular formula is C19H31N3O3S. The Morgan fingerprint density at radius 2 is 1.77 bits per heavy atom. The van der Waals surface area contributed by atoms with Crippen molar-refractivity contribution < 1.29 is 13.2 Å². The Bertz CT molecular complexity index is 680. The van der Waals surface area contributed by atoms with E-state index in [9.17, 15) is 13.2 Å². The summed E-state index contributed by atoms with van der Waals surface area (Å²) in [6.07, 6.45) is 0.939. The fraction of sp³-hybridized carbons (Fsp3) is 0.632. The normalized spacial score (nSPS) is 15.7. The molecule has 0 unspecified atom stereocenters. The molecule has 0 spiro atoms. The van der Waals surface area contributed by atoms with E-state index in [0.29, 0.717) is 36.9 Å². The van der Waals surface area contributed by atoms with Gasteiger partial charge in [0.2, 0.25) is 15.9 Å². The first-order chi connectivity index (χ1) is 12.4. The standard InChI is InChI=1S/C19H31N3O3S/c1-4-12-22(13-9-19(23)21-14-10-20-11-15-21)26(24,25)18-7-5-17(6-8-18)16(2)3/h5-8,16,20H,4,9-15H2,1-3H3. The molecule has 1 aliphatic heterocycles. The number of nitrogens with zero attached hydrogens (tertiary/aromatic N) is 2. The minimum atomic E-state index is -3.58. The van der Waals surface area contributed by atoms with Crippen molar-refractivity contribution in [2.75, 3.05) is 39.3 Å². The monoisotopic (exact) mass is 381 g/mol. The minimum Gasteiger partial charge on any atom is -0.340 e. The molecule has 0 atom stereocenters. The zero-order valence-electron chi connectivity index (χ0n) is 16.1. The Labute approximate surface area is 157 Å². The largest absolute Gasteiger partial charge is 0.340 e. The topological polar surface area (TPSA) is 69.7 Å². The van der Waals surface area contributed by atoms with Gasteiger partial charge in [-0.1, -0.05) is 32.9 Å². The summed E-state index contributed by atoms with van der Waals surface area (Å²) in [6, 6.07) is 7.08. The van der Waals surface area contributed by atoms with Gasteiger partial charge in [-0.25, -0.2) is 8.42 Å². The van der Waals surface area contributed by atoms with Crippen molar-refractivity contribution in [1.82, 2.24) is 14.5 Å². The first kappa shape index (κ1) is 20.9. The van der Waals surface area contributed by atoms with Gasteiger partial charge in [-0.2, -0.15) is 4.31 Å². The summed E-state index contributed by atoms with van der Waals surface area (Å²) in [5, 5.41) is 3.21. The molecule has 0 aliphatic carbocycles. The van der Waals surface area contributed by atoms with Crippen LogP contribution in [0.5, 0.6) is 0 Å². The number of hydrogen-bond donors (Lipinski definition) is 1. The van der Waals surface area contributed by atoms with E-state index >= 15 is 0 Å². The highest BCUT2D eigenvalue weighted by molar-refractivity contribution is 7.89. The molecule has 1 saturated heterocycles. The zero-order valence-corrected chi connectivity index (χ0v) is 16.9. The lowest BCUT2D eigenvalue weighted by atomic mass is 10.0. The zero-order chi connectivity index (χ0) is 19.2. The van der Waals surface area contributed by atoms with Crippen molar-refractivity contribution in [2.45, 2.75) is 44.4 Å². The molecular weight excluding hydrogens is 350 g/mol. The number of benzene rings is 1. The quantitative estimate of drug-likeness (QED) is 0.748. The molecule has 1 fully saturated rings. The van der Waals surface area contributed by atoms with Crippen LogP contribution in [0.3, 0.4) is 0 Å². The number of piperazine rings is 1. The molecule has 146 valence electrons. The van der Waals surface area contributed by atoms with Crippen molar-refractivity contribution in [3.63, 3.8) is 0 Å². The maximum atomic E-state index is 13.0. The van der Waals surface area contributed by atoms with Crippen molar-refractivity contribution in [2.24, 2.45) is 0 Å². The van der Waals surface area contributed by atoms with Gasteiger partial charge in [0.05, 0.1) is 4.90 Å². The van der Waals surface area contributed by atoms with E-state index in [4.69, 9.17) is 0 Å². The van der Waals surface area contributed by atoms with Gasteiger partial charge >= 0.3 is 0 Å². The van der Waals surface area contributed by atoms with Crippen LogP contribution in [0.2, 0.25) is 0 Å². The summed E-state index contributed by atoms with van der Waals surface area (Å²) in [5.74, 6) is 0.383. The Kier molecular flexibility index (Phi) is 7.61. The highest BCUT2D eigenvalue weighted by Crippen LogP contribution is 2.21.